The molecule has 0 rings (SSSR count). The van der Waals surface area contributed by atoms with Crippen LogP contribution in [0.2, 0.25) is 0 Å². The first kappa shape index (κ1) is 16.3. The van der Waals surface area contributed by atoms with E-state index in [1.807, 2.05) is 0 Å². The van der Waals surface area contributed by atoms with Crippen LogP contribution in [0.5, 0.6) is 0 Å². The summed E-state index contributed by atoms with van der Waals surface area (Å²) in [6.45, 7) is 3.65. The maximum absolute atomic E-state index is 11.8. The van der Waals surface area contributed by atoms with E-state index in [4.69, 9.17) is 16.3 Å². The molecule has 0 aromatic carbocycles. The van der Waals surface area contributed by atoms with E-state index in [9.17, 15) is 4.57 Å². The summed E-state index contributed by atoms with van der Waals surface area (Å²) in [5.74, 6) is 0. The second-order valence-corrected chi connectivity index (χ2v) is 4.33. The highest BCUT2D eigenvalue weighted by atomic mass is 35.5. The summed E-state index contributed by atoms with van der Waals surface area (Å²) in [5.41, 5.74) is 0. The molecule has 7 nitrogen and oxygen atoms in total. The smallest absolute Gasteiger partial charge is 0.343 e. The van der Waals surface area contributed by atoms with Gasteiger partial charge in [-0.25, -0.2) is 9.78 Å². The van der Waals surface area contributed by atoms with Gasteiger partial charge in [-0.15, -0.1) is 9.35 Å². The van der Waals surface area contributed by atoms with Crippen molar-refractivity contribution in [1.29, 1.82) is 0 Å². The topological polar surface area (TPSA) is 72.5 Å². The highest BCUT2D eigenvalue weighted by Crippen LogP contribution is 2.48. The predicted molar refractivity (Wildman–Crippen MR) is 55.7 cm³/mol. The van der Waals surface area contributed by atoms with Crippen molar-refractivity contribution in [2.45, 2.75) is 13.8 Å². The fourth-order valence-corrected chi connectivity index (χ4v) is 1.57. The predicted octanol–water partition coefficient (Wildman–Crippen LogP) is 2.26. The van der Waals surface area contributed by atoms with E-state index in [2.05, 4.69) is 23.9 Å². The highest BCUT2D eigenvalue weighted by molar-refractivity contribution is 7.53. The van der Waals surface area contributed by atoms with Crippen LogP contribution >= 0.6 is 19.2 Å². The summed E-state index contributed by atoms with van der Waals surface area (Å²) in [5, 5.41) is 0. The zero-order valence-electron chi connectivity index (χ0n) is 9.22. The largest absolute Gasteiger partial charge is 0.409 e. The number of hydrogen-bond acceptors (Lipinski definition) is 7. The Balaban J connectivity index is 3.92. The molecule has 98 valence electrons. The number of rotatable bonds is 11. The van der Waals surface area contributed by atoms with Crippen LogP contribution in [0.1, 0.15) is 13.8 Å². The zero-order valence-corrected chi connectivity index (χ0v) is 10.9. The second-order valence-electron chi connectivity index (χ2n) is 2.34. The lowest BCUT2D eigenvalue weighted by atomic mass is 10.9. The first-order valence-corrected chi connectivity index (χ1v) is 6.87. The maximum Gasteiger partial charge on any atom is 0.409 e. The number of halogens is 1. The Morgan fingerprint density at radius 3 is 2.06 bits per heavy atom. The lowest BCUT2D eigenvalue weighted by Crippen LogP contribution is -2.07. The average Bonchev–Trinajstić information content (AvgIpc) is 2.30. The molecule has 0 radical (unpaired) electrons. The van der Waals surface area contributed by atoms with Gasteiger partial charge in [-0.3, -0.25) is 4.57 Å². The fourth-order valence-electron chi connectivity index (χ4n) is 0.561. The molecule has 9 heteroatoms. The molecule has 0 unspecified atom stereocenters. The minimum absolute atomic E-state index is 0.0249. The summed E-state index contributed by atoms with van der Waals surface area (Å²) < 4.78 is 30.4. The molecule has 0 aliphatic heterocycles. The standard InChI is InChI=1S/C7H16ClO7P/c1-3-12-14-16(9,15-13-4-2)7-11-6-10-5-8/h3-7H2,1-2H3. The lowest BCUT2D eigenvalue weighted by Gasteiger charge is -2.15. The molecule has 0 atom stereocenters. The van der Waals surface area contributed by atoms with Gasteiger partial charge in [0.05, 0.1) is 13.2 Å². The van der Waals surface area contributed by atoms with E-state index in [0.29, 0.717) is 0 Å². The summed E-state index contributed by atoms with van der Waals surface area (Å²) in [7, 11) is -3.58. The molecule has 0 spiro atoms. The Morgan fingerprint density at radius 1 is 1.06 bits per heavy atom. The lowest BCUT2D eigenvalue weighted by molar-refractivity contribution is -0.266. The summed E-state index contributed by atoms with van der Waals surface area (Å²) >= 11 is 5.24. The SMILES string of the molecule is CCOOP(=O)(COCOCCl)OOCC. The van der Waals surface area contributed by atoms with Crippen molar-refractivity contribution in [3.8, 4) is 0 Å². The molecule has 0 bridgehead atoms. The molecule has 0 fully saturated rings. The molecular weight excluding hydrogens is 262 g/mol. The van der Waals surface area contributed by atoms with Crippen molar-refractivity contribution in [3.05, 3.63) is 0 Å². The molecule has 0 aliphatic carbocycles. The van der Waals surface area contributed by atoms with Crippen molar-refractivity contribution >= 4 is 19.2 Å². The van der Waals surface area contributed by atoms with E-state index in [-0.39, 0.29) is 32.4 Å². The number of alkyl halides is 1. The van der Waals surface area contributed by atoms with Gasteiger partial charge < -0.3 is 9.47 Å². The van der Waals surface area contributed by atoms with Gasteiger partial charge in [0.1, 0.15) is 12.9 Å². The quantitative estimate of drug-likeness (QED) is 0.143. The monoisotopic (exact) mass is 278 g/mol. The minimum Gasteiger partial charge on any atom is -0.343 e. The molecule has 0 N–H and O–H groups in total. The van der Waals surface area contributed by atoms with Gasteiger partial charge in [0, 0.05) is 0 Å². The van der Waals surface area contributed by atoms with E-state index >= 15 is 0 Å². The van der Waals surface area contributed by atoms with Gasteiger partial charge in [-0.2, -0.15) is 0 Å². The molecule has 0 aliphatic rings. The van der Waals surface area contributed by atoms with Gasteiger partial charge in [-0.1, -0.05) is 11.6 Å². The summed E-state index contributed by atoms with van der Waals surface area (Å²) in [6.07, 6.45) is -0.357. The molecule has 0 aromatic rings. The fraction of sp³-hybridized carbons (Fsp3) is 1.00. The Morgan fingerprint density at radius 2 is 1.62 bits per heavy atom. The molecule has 0 aromatic heterocycles. The van der Waals surface area contributed by atoms with Crippen LogP contribution in [0.25, 0.3) is 0 Å². The normalized spacial score (nSPS) is 11.9. The third kappa shape index (κ3) is 8.43. The van der Waals surface area contributed by atoms with E-state index in [1.54, 1.807) is 13.8 Å². The van der Waals surface area contributed by atoms with Crippen LogP contribution in [-0.2, 0) is 33.2 Å². The van der Waals surface area contributed by atoms with E-state index < -0.39 is 7.60 Å². The van der Waals surface area contributed by atoms with Crippen LogP contribution in [0.3, 0.4) is 0 Å². The molecular formula is C7H16ClO7P. The maximum atomic E-state index is 11.8. The van der Waals surface area contributed by atoms with Crippen molar-refractivity contribution in [2.75, 3.05) is 32.4 Å². The third-order valence-electron chi connectivity index (χ3n) is 1.06. The number of hydrogen-bond donors (Lipinski definition) is 0. The molecule has 0 amide bonds. The molecule has 16 heavy (non-hydrogen) atoms. The van der Waals surface area contributed by atoms with E-state index in [1.165, 1.54) is 0 Å². The first-order valence-electron chi connectivity index (χ1n) is 4.61. The van der Waals surface area contributed by atoms with Crippen LogP contribution in [0.15, 0.2) is 0 Å². The Labute approximate surface area is 99.2 Å². The Kier molecular flexibility index (Phi) is 10.6. The van der Waals surface area contributed by atoms with Gasteiger partial charge in [-0.05, 0) is 13.8 Å². The second kappa shape index (κ2) is 10.4. The zero-order chi connectivity index (χ0) is 12.3. The van der Waals surface area contributed by atoms with Gasteiger partial charge in [0.15, 0.2) is 6.35 Å². The van der Waals surface area contributed by atoms with Crippen molar-refractivity contribution < 1.29 is 33.2 Å². The minimum atomic E-state index is -3.58. The van der Waals surface area contributed by atoms with Crippen molar-refractivity contribution in [3.63, 3.8) is 0 Å². The third-order valence-corrected chi connectivity index (χ3v) is 2.38. The van der Waals surface area contributed by atoms with Gasteiger partial charge >= 0.3 is 7.60 Å². The molecule has 0 heterocycles. The van der Waals surface area contributed by atoms with Crippen LogP contribution < -0.4 is 0 Å². The molecule has 0 saturated heterocycles. The van der Waals surface area contributed by atoms with E-state index in [0.717, 1.165) is 0 Å². The van der Waals surface area contributed by atoms with Crippen LogP contribution in [0, 0.1) is 0 Å². The van der Waals surface area contributed by atoms with Crippen LogP contribution in [-0.4, -0.2) is 32.4 Å². The van der Waals surface area contributed by atoms with Crippen molar-refractivity contribution in [2.24, 2.45) is 0 Å². The Bertz CT molecular complexity index is 191. The molecule has 0 saturated carbocycles. The summed E-state index contributed by atoms with van der Waals surface area (Å²) in [6, 6.07) is -0.0249. The summed E-state index contributed by atoms with van der Waals surface area (Å²) in [4.78, 5) is 9.08. The van der Waals surface area contributed by atoms with Gasteiger partial charge in [0.2, 0.25) is 0 Å². The first-order chi connectivity index (χ1) is 7.68. The van der Waals surface area contributed by atoms with Gasteiger partial charge in [0.25, 0.3) is 0 Å². The van der Waals surface area contributed by atoms with Crippen LogP contribution in [0.4, 0.5) is 0 Å². The average molecular weight is 279 g/mol. The highest BCUT2D eigenvalue weighted by Gasteiger charge is 2.28. The van der Waals surface area contributed by atoms with Crippen molar-refractivity contribution in [1.82, 2.24) is 0 Å². The Hall–Kier alpha value is 0.280. The number of ether oxygens (including phenoxy) is 2.